The molecule has 1 aromatic rings. The zero-order chi connectivity index (χ0) is 12.3. The predicted molar refractivity (Wildman–Crippen MR) is 70.8 cm³/mol. The highest BCUT2D eigenvalue weighted by atomic mass is 16.5. The molecule has 0 aromatic heterocycles. The molecule has 0 bridgehead atoms. The lowest BCUT2D eigenvalue weighted by Gasteiger charge is -2.19. The van der Waals surface area contributed by atoms with E-state index in [9.17, 15) is 0 Å². The molecule has 1 aromatic carbocycles. The summed E-state index contributed by atoms with van der Waals surface area (Å²) in [6.45, 7) is 6.18. The maximum atomic E-state index is 6.32. The number of nitrogens with two attached hydrogens (primary N) is 1. The molecule has 2 rings (SSSR count). The summed E-state index contributed by atoms with van der Waals surface area (Å²) in [5.74, 6) is 1.18. The van der Waals surface area contributed by atoms with E-state index in [2.05, 4.69) is 38.1 Å². The average Bonchev–Trinajstić information content (AvgIpc) is 2.81. The molecule has 2 unspecified atom stereocenters. The highest BCUT2D eigenvalue weighted by Gasteiger charge is 2.23. The van der Waals surface area contributed by atoms with E-state index in [-0.39, 0.29) is 6.04 Å². The Labute approximate surface area is 104 Å². The van der Waals surface area contributed by atoms with Crippen molar-refractivity contribution >= 4 is 0 Å². The molecule has 1 aliphatic heterocycles. The van der Waals surface area contributed by atoms with Gasteiger partial charge in [-0.15, -0.1) is 0 Å². The summed E-state index contributed by atoms with van der Waals surface area (Å²) in [6.07, 6.45) is 2.22. The van der Waals surface area contributed by atoms with E-state index in [1.807, 2.05) is 0 Å². The zero-order valence-electron chi connectivity index (χ0n) is 10.9. The Bertz CT molecular complexity index is 356. The van der Waals surface area contributed by atoms with Crippen LogP contribution in [0.4, 0.5) is 0 Å². The van der Waals surface area contributed by atoms with Gasteiger partial charge in [0.15, 0.2) is 0 Å². The maximum Gasteiger partial charge on any atom is 0.0513 e. The molecule has 1 fully saturated rings. The van der Waals surface area contributed by atoms with Crippen molar-refractivity contribution < 1.29 is 4.74 Å². The number of rotatable bonds is 4. The number of ether oxygens (including phenoxy) is 1. The minimum absolute atomic E-state index is 0.129. The normalized spacial score (nSPS) is 22.0. The van der Waals surface area contributed by atoms with Crippen molar-refractivity contribution in [3.63, 3.8) is 0 Å². The van der Waals surface area contributed by atoms with Crippen LogP contribution in [0.15, 0.2) is 24.3 Å². The van der Waals surface area contributed by atoms with Crippen LogP contribution in [-0.4, -0.2) is 13.2 Å². The van der Waals surface area contributed by atoms with Crippen LogP contribution >= 0.6 is 0 Å². The summed E-state index contributed by atoms with van der Waals surface area (Å²) in [5.41, 5.74) is 8.98. The molecule has 0 radical (unpaired) electrons. The molecule has 2 atom stereocenters. The van der Waals surface area contributed by atoms with Crippen molar-refractivity contribution in [2.24, 2.45) is 17.6 Å². The second-order valence-corrected chi connectivity index (χ2v) is 5.49. The second-order valence-electron chi connectivity index (χ2n) is 5.49. The van der Waals surface area contributed by atoms with Crippen LogP contribution in [0.5, 0.6) is 0 Å². The fourth-order valence-corrected chi connectivity index (χ4v) is 2.51. The summed E-state index contributed by atoms with van der Waals surface area (Å²) in [6, 6.07) is 8.87. The molecule has 0 aliphatic carbocycles. The van der Waals surface area contributed by atoms with Gasteiger partial charge < -0.3 is 10.5 Å². The number of hydrogen-bond acceptors (Lipinski definition) is 2. The Kier molecular flexibility index (Phi) is 4.19. The van der Waals surface area contributed by atoms with Crippen LogP contribution in [0, 0.1) is 11.8 Å². The Balaban J connectivity index is 2.09. The lowest BCUT2D eigenvalue weighted by molar-refractivity contribution is 0.181. The van der Waals surface area contributed by atoms with E-state index in [0.29, 0.717) is 11.8 Å². The first kappa shape index (κ1) is 12.6. The van der Waals surface area contributed by atoms with Crippen molar-refractivity contribution in [2.45, 2.75) is 32.7 Å². The summed E-state index contributed by atoms with van der Waals surface area (Å²) in [5, 5.41) is 0. The third-order valence-corrected chi connectivity index (χ3v) is 3.45. The van der Waals surface area contributed by atoms with Gasteiger partial charge in [-0.25, -0.2) is 0 Å². The lowest BCUT2D eigenvalue weighted by Crippen LogP contribution is -2.21. The van der Waals surface area contributed by atoms with Crippen LogP contribution in [0.1, 0.15) is 37.4 Å². The standard InChI is InChI=1S/C15H23NO/c1-11(2)8-12-4-3-5-13(9-12)15(16)14-6-7-17-10-14/h3-5,9,11,14-15H,6-8,10,16H2,1-2H3. The summed E-state index contributed by atoms with van der Waals surface area (Å²) in [7, 11) is 0. The van der Waals surface area contributed by atoms with Gasteiger partial charge in [-0.3, -0.25) is 0 Å². The average molecular weight is 233 g/mol. The lowest BCUT2D eigenvalue weighted by atomic mass is 9.91. The summed E-state index contributed by atoms with van der Waals surface area (Å²) < 4.78 is 5.41. The van der Waals surface area contributed by atoms with Gasteiger partial charge >= 0.3 is 0 Å². The highest BCUT2D eigenvalue weighted by molar-refractivity contribution is 5.26. The molecule has 1 heterocycles. The van der Waals surface area contributed by atoms with Crippen LogP contribution in [0.25, 0.3) is 0 Å². The molecule has 1 saturated heterocycles. The highest BCUT2D eigenvalue weighted by Crippen LogP contribution is 2.27. The van der Waals surface area contributed by atoms with Gasteiger partial charge in [-0.2, -0.15) is 0 Å². The third kappa shape index (κ3) is 3.30. The van der Waals surface area contributed by atoms with E-state index < -0.39 is 0 Å². The van der Waals surface area contributed by atoms with E-state index >= 15 is 0 Å². The van der Waals surface area contributed by atoms with Gasteiger partial charge in [0.05, 0.1) is 6.61 Å². The molecule has 2 heteroatoms. The van der Waals surface area contributed by atoms with Crippen molar-refractivity contribution in [3.05, 3.63) is 35.4 Å². The topological polar surface area (TPSA) is 35.2 Å². The van der Waals surface area contributed by atoms with Crippen molar-refractivity contribution in [1.29, 1.82) is 0 Å². The smallest absolute Gasteiger partial charge is 0.0513 e. The number of benzene rings is 1. The second kappa shape index (κ2) is 5.65. The van der Waals surface area contributed by atoms with Gasteiger partial charge in [0.1, 0.15) is 0 Å². The Morgan fingerprint density at radius 2 is 2.24 bits per heavy atom. The quantitative estimate of drug-likeness (QED) is 0.868. The summed E-state index contributed by atoms with van der Waals surface area (Å²) >= 11 is 0. The molecule has 0 amide bonds. The molecular weight excluding hydrogens is 210 g/mol. The monoisotopic (exact) mass is 233 g/mol. The largest absolute Gasteiger partial charge is 0.381 e. The van der Waals surface area contributed by atoms with E-state index in [1.165, 1.54) is 11.1 Å². The maximum absolute atomic E-state index is 6.32. The van der Waals surface area contributed by atoms with Crippen LogP contribution in [0.3, 0.4) is 0 Å². The van der Waals surface area contributed by atoms with Crippen molar-refractivity contribution in [1.82, 2.24) is 0 Å². The van der Waals surface area contributed by atoms with Gasteiger partial charge in [-0.1, -0.05) is 38.1 Å². The fourth-order valence-electron chi connectivity index (χ4n) is 2.51. The molecule has 0 saturated carbocycles. The molecule has 1 aliphatic rings. The molecule has 17 heavy (non-hydrogen) atoms. The predicted octanol–water partition coefficient (Wildman–Crippen LogP) is 2.92. The first-order valence-electron chi connectivity index (χ1n) is 6.59. The Morgan fingerprint density at radius 1 is 1.41 bits per heavy atom. The summed E-state index contributed by atoms with van der Waals surface area (Å²) in [4.78, 5) is 0. The van der Waals surface area contributed by atoms with Crippen molar-refractivity contribution in [3.8, 4) is 0 Å². The molecule has 2 N–H and O–H groups in total. The fraction of sp³-hybridized carbons (Fsp3) is 0.600. The molecule has 2 nitrogen and oxygen atoms in total. The van der Waals surface area contributed by atoms with E-state index in [0.717, 1.165) is 26.1 Å². The molecular formula is C15H23NO. The van der Waals surface area contributed by atoms with Gasteiger partial charge in [0, 0.05) is 18.6 Å². The van der Waals surface area contributed by atoms with Crippen LogP contribution in [-0.2, 0) is 11.2 Å². The van der Waals surface area contributed by atoms with Gasteiger partial charge in [-0.05, 0) is 29.9 Å². The first-order valence-corrected chi connectivity index (χ1v) is 6.59. The van der Waals surface area contributed by atoms with Gasteiger partial charge in [0.2, 0.25) is 0 Å². The SMILES string of the molecule is CC(C)Cc1cccc(C(N)C2CCOC2)c1. The van der Waals surface area contributed by atoms with Gasteiger partial charge in [0.25, 0.3) is 0 Å². The Hall–Kier alpha value is -0.860. The zero-order valence-corrected chi connectivity index (χ0v) is 10.9. The number of hydrogen-bond donors (Lipinski definition) is 1. The van der Waals surface area contributed by atoms with Crippen LogP contribution < -0.4 is 5.73 Å². The van der Waals surface area contributed by atoms with E-state index in [1.54, 1.807) is 0 Å². The molecule has 94 valence electrons. The molecule has 0 spiro atoms. The minimum Gasteiger partial charge on any atom is -0.381 e. The minimum atomic E-state index is 0.129. The van der Waals surface area contributed by atoms with Crippen molar-refractivity contribution in [2.75, 3.05) is 13.2 Å². The van der Waals surface area contributed by atoms with E-state index in [4.69, 9.17) is 10.5 Å². The third-order valence-electron chi connectivity index (χ3n) is 3.45. The first-order chi connectivity index (χ1) is 8.16. The Morgan fingerprint density at radius 3 is 2.88 bits per heavy atom. The van der Waals surface area contributed by atoms with Crippen LogP contribution in [0.2, 0.25) is 0 Å².